The largest absolute Gasteiger partial charge is 0.349 e. The van der Waals surface area contributed by atoms with Gasteiger partial charge in [-0.15, -0.1) is 10.2 Å². The summed E-state index contributed by atoms with van der Waals surface area (Å²) in [5.74, 6) is 6.56. The summed E-state index contributed by atoms with van der Waals surface area (Å²) in [4.78, 5) is 12.0. The molecule has 0 unspecified atom stereocenters. The number of carbonyl (C=O) groups excluding carboxylic acids is 1. The van der Waals surface area contributed by atoms with Gasteiger partial charge in [-0.3, -0.25) is 4.79 Å². The van der Waals surface area contributed by atoms with Crippen LogP contribution in [0.1, 0.15) is 36.8 Å². The number of nitrogens with one attached hydrogen (secondary N) is 1. The summed E-state index contributed by atoms with van der Waals surface area (Å²) >= 11 is 1.27. The lowest BCUT2D eigenvalue weighted by Crippen LogP contribution is -2.28. The summed E-state index contributed by atoms with van der Waals surface area (Å²) in [6.45, 7) is 5.85. The minimum Gasteiger partial charge on any atom is -0.349 e. The average Bonchev–Trinajstić information content (AvgIpc) is 2.84. The van der Waals surface area contributed by atoms with Crippen molar-refractivity contribution in [2.75, 3.05) is 11.6 Å². The third-order valence-electron chi connectivity index (χ3n) is 3.43. The molecule has 0 saturated carbocycles. The predicted octanol–water partition coefficient (Wildman–Crippen LogP) is 1.83. The number of nitrogens with two attached hydrogens (primary N) is 1. The van der Waals surface area contributed by atoms with Crippen LogP contribution >= 0.6 is 11.8 Å². The van der Waals surface area contributed by atoms with Crippen LogP contribution in [0.5, 0.6) is 0 Å². The SMILES string of the molecule is CCc1ccc([C@H](C)NC(=O)CSc2nnc(C)n2N)cc1. The molecule has 0 aliphatic heterocycles. The molecule has 118 valence electrons. The molecule has 7 heteroatoms. The lowest BCUT2D eigenvalue weighted by Gasteiger charge is -2.14. The molecule has 22 heavy (non-hydrogen) atoms. The molecule has 1 aromatic carbocycles. The van der Waals surface area contributed by atoms with Crippen molar-refractivity contribution >= 4 is 17.7 Å². The molecule has 0 fully saturated rings. The van der Waals surface area contributed by atoms with Crippen molar-refractivity contribution in [3.8, 4) is 0 Å². The zero-order chi connectivity index (χ0) is 16.1. The Hall–Kier alpha value is -2.02. The number of nitrogen functional groups attached to an aromatic ring is 1. The first-order valence-corrected chi connectivity index (χ1v) is 8.18. The first-order valence-electron chi connectivity index (χ1n) is 7.19. The van der Waals surface area contributed by atoms with E-state index in [-0.39, 0.29) is 17.7 Å². The van der Waals surface area contributed by atoms with E-state index in [1.54, 1.807) is 6.92 Å². The van der Waals surface area contributed by atoms with Gasteiger partial charge in [0.15, 0.2) is 0 Å². The molecule has 1 atom stereocenters. The fourth-order valence-corrected chi connectivity index (χ4v) is 2.70. The fraction of sp³-hybridized carbons (Fsp3) is 0.400. The van der Waals surface area contributed by atoms with Crippen molar-refractivity contribution in [1.82, 2.24) is 20.2 Å². The van der Waals surface area contributed by atoms with Crippen LogP contribution in [0.4, 0.5) is 0 Å². The first kappa shape index (κ1) is 16.4. The second-order valence-corrected chi connectivity index (χ2v) is 6.02. The zero-order valence-corrected chi connectivity index (χ0v) is 13.9. The van der Waals surface area contributed by atoms with E-state index in [1.807, 2.05) is 6.92 Å². The van der Waals surface area contributed by atoms with Gasteiger partial charge in [0.2, 0.25) is 11.1 Å². The van der Waals surface area contributed by atoms with Gasteiger partial charge in [0.25, 0.3) is 0 Å². The zero-order valence-electron chi connectivity index (χ0n) is 13.0. The van der Waals surface area contributed by atoms with E-state index >= 15 is 0 Å². The highest BCUT2D eigenvalue weighted by molar-refractivity contribution is 7.99. The summed E-state index contributed by atoms with van der Waals surface area (Å²) < 4.78 is 1.38. The molecule has 3 N–H and O–H groups in total. The van der Waals surface area contributed by atoms with Crippen LogP contribution in [-0.2, 0) is 11.2 Å². The van der Waals surface area contributed by atoms with Gasteiger partial charge in [0.05, 0.1) is 11.8 Å². The van der Waals surface area contributed by atoms with Gasteiger partial charge in [-0.05, 0) is 31.4 Å². The van der Waals surface area contributed by atoms with Gasteiger partial charge in [-0.2, -0.15) is 0 Å². The summed E-state index contributed by atoms with van der Waals surface area (Å²) in [5, 5.41) is 11.3. The minimum atomic E-state index is -0.0577. The molecule has 1 amide bonds. The molecule has 1 aromatic heterocycles. The third kappa shape index (κ3) is 4.00. The van der Waals surface area contributed by atoms with Crippen molar-refractivity contribution in [2.45, 2.75) is 38.4 Å². The lowest BCUT2D eigenvalue weighted by molar-refractivity contribution is -0.119. The summed E-state index contributed by atoms with van der Waals surface area (Å²) in [6.07, 6.45) is 1.01. The van der Waals surface area contributed by atoms with Gasteiger partial charge in [0, 0.05) is 0 Å². The molecule has 0 bridgehead atoms. The van der Waals surface area contributed by atoms with Crippen molar-refractivity contribution in [2.24, 2.45) is 0 Å². The molecule has 2 rings (SSSR count). The van der Waals surface area contributed by atoms with E-state index in [9.17, 15) is 4.79 Å². The third-order valence-corrected chi connectivity index (χ3v) is 4.38. The quantitative estimate of drug-likeness (QED) is 0.627. The number of aryl methyl sites for hydroxylation is 2. The van der Waals surface area contributed by atoms with E-state index in [1.165, 1.54) is 22.0 Å². The second kappa shape index (κ2) is 7.31. The van der Waals surface area contributed by atoms with Crippen molar-refractivity contribution in [3.05, 3.63) is 41.2 Å². The first-order chi connectivity index (χ1) is 10.5. The average molecular weight is 319 g/mol. The van der Waals surface area contributed by atoms with Crippen molar-refractivity contribution in [3.63, 3.8) is 0 Å². The smallest absolute Gasteiger partial charge is 0.230 e. The normalized spacial score (nSPS) is 12.1. The fourth-order valence-electron chi connectivity index (χ4n) is 1.99. The molecular formula is C15H21N5OS. The molecule has 6 nitrogen and oxygen atoms in total. The topological polar surface area (TPSA) is 85.8 Å². The number of hydrogen-bond donors (Lipinski definition) is 2. The Kier molecular flexibility index (Phi) is 5.43. The van der Waals surface area contributed by atoms with Crippen molar-refractivity contribution in [1.29, 1.82) is 0 Å². The molecule has 0 aliphatic rings. The number of benzene rings is 1. The summed E-state index contributed by atoms with van der Waals surface area (Å²) in [7, 11) is 0. The number of hydrogen-bond acceptors (Lipinski definition) is 5. The molecule has 2 aromatic rings. The highest BCUT2D eigenvalue weighted by Gasteiger charge is 2.12. The van der Waals surface area contributed by atoms with Gasteiger partial charge >= 0.3 is 0 Å². The Morgan fingerprint density at radius 2 is 2.05 bits per heavy atom. The second-order valence-electron chi connectivity index (χ2n) is 5.07. The van der Waals surface area contributed by atoms with Crippen molar-refractivity contribution < 1.29 is 4.79 Å². The van der Waals surface area contributed by atoms with Crippen LogP contribution in [0, 0.1) is 6.92 Å². The Morgan fingerprint density at radius 3 is 2.59 bits per heavy atom. The molecular weight excluding hydrogens is 298 g/mol. The van der Waals surface area contributed by atoms with E-state index < -0.39 is 0 Å². The predicted molar refractivity (Wildman–Crippen MR) is 88.0 cm³/mol. The van der Waals surface area contributed by atoms with Crippen LogP contribution in [0.15, 0.2) is 29.4 Å². The number of amides is 1. The highest BCUT2D eigenvalue weighted by Crippen LogP contribution is 2.16. The van der Waals surface area contributed by atoms with Gasteiger partial charge in [-0.1, -0.05) is 43.0 Å². The maximum atomic E-state index is 12.0. The Bertz CT molecular complexity index is 638. The minimum absolute atomic E-state index is 0.0310. The summed E-state index contributed by atoms with van der Waals surface area (Å²) in [6, 6.07) is 8.25. The van der Waals surface area contributed by atoms with Gasteiger partial charge < -0.3 is 11.2 Å². The molecule has 0 saturated heterocycles. The molecule has 0 radical (unpaired) electrons. The number of carbonyl (C=O) groups is 1. The summed E-state index contributed by atoms with van der Waals surface area (Å²) in [5.41, 5.74) is 2.38. The maximum Gasteiger partial charge on any atom is 0.230 e. The van der Waals surface area contributed by atoms with E-state index in [2.05, 4.69) is 46.7 Å². The number of rotatable bonds is 6. The van der Waals surface area contributed by atoms with E-state index in [4.69, 9.17) is 5.84 Å². The number of thioether (sulfide) groups is 1. The van der Waals surface area contributed by atoms with Crippen LogP contribution in [0.3, 0.4) is 0 Å². The van der Waals surface area contributed by atoms with Gasteiger partial charge in [-0.25, -0.2) is 4.68 Å². The van der Waals surface area contributed by atoms with E-state index in [0.717, 1.165) is 12.0 Å². The van der Waals surface area contributed by atoms with Crippen LogP contribution in [-0.4, -0.2) is 26.5 Å². The van der Waals surface area contributed by atoms with Crippen LogP contribution in [0.25, 0.3) is 0 Å². The number of aromatic nitrogens is 3. The number of nitrogens with zero attached hydrogens (tertiary/aromatic N) is 3. The van der Waals surface area contributed by atoms with Crippen LogP contribution in [0.2, 0.25) is 0 Å². The molecule has 0 aliphatic carbocycles. The monoisotopic (exact) mass is 319 g/mol. The highest BCUT2D eigenvalue weighted by atomic mass is 32.2. The molecule has 0 spiro atoms. The maximum absolute atomic E-state index is 12.0. The van der Waals surface area contributed by atoms with Gasteiger partial charge in [0.1, 0.15) is 5.82 Å². The Morgan fingerprint density at radius 1 is 1.36 bits per heavy atom. The Labute approximate surface area is 134 Å². The lowest BCUT2D eigenvalue weighted by atomic mass is 10.1. The molecule has 1 heterocycles. The van der Waals surface area contributed by atoms with Crippen LogP contribution < -0.4 is 11.2 Å². The standard InChI is InChI=1S/C15H21N5OS/c1-4-12-5-7-13(8-6-12)10(2)17-14(21)9-22-15-19-18-11(3)20(15)16/h5-8,10H,4,9,16H2,1-3H3,(H,17,21)/t10-/m0/s1. The Balaban J connectivity index is 1.86. The van der Waals surface area contributed by atoms with E-state index in [0.29, 0.717) is 11.0 Å².